The zero-order chi connectivity index (χ0) is 25.6. The molecule has 3 aromatic rings. The standard InChI is InChI=1S/C28H29N3O5S.H2/c32-18-22-3-2-15-31(22)37(34,35)23-9-6-19(7-10-23)24-4-1-5-26(29-24)30-27(33)28(13-14-28)21-8-11-25-20(17-21)12-16-36-25;/h1,4-11,17,22,32H,2-3,12-16,18H2,(H,29,30,33);1H/t22-;/m1./s1. The van der Waals surface area contributed by atoms with Gasteiger partial charge < -0.3 is 15.2 Å². The molecular weight excluding hydrogens is 490 g/mol. The molecule has 1 aliphatic carbocycles. The Hall–Kier alpha value is -3.27. The number of aliphatic hydroxyl groups excluding tert-OH is 1. The molecule has 2 fully saturated rings. The number of carbonyl (C=O) groups is 1. The molecule has 8 nitrogen and oxygen atoms in total. The minimum absolute atomic E-state index is 0. The average molecular weight is 522 g/mol. The van der Waals surface area contributed by atoms with Crippen LogP contribution in [0.5, 0.6) is 5.75 Å². The Bertz CT molecular complexity index is 1460. The highest BCUT2D eigenvalue weighted by Crippen LogP contribution is 2.50. The molecule has 194 valence electrons. The van der Waals surface area contributed by atoms with Gasteiger partial charge in [-0.2, -0.15) is 4.31 Å². The summed E-state index contributed by atoms with van der Waals surface area (Å²) >= 11 is 0. The molecule has 1 atom stereocenters. The number of hydrogen-bond acceptors (Lipinski definition) is 6. The van der Waals surface area contributed by atoms with E-state index in [9.17, 15) is 18.3 Å². The lowest BCUT2D eigenvalue weighted by molar-refractivity contribution is -0.118. The minimum Gasteiger partial charge on any atom is -0.493 e. The molecule has 2 aliphatic heterocycles. The third-order valence-corrected chi connectivity index (χ3v) is 9.67. The predicted octanol–water partition coefficient (Wildman–Crippen LogP) is 3.75. The summed E-state index contributed by atoms with van der Waals surface area (Å²) in [6.45, 7) is 0.921. The van der Waals surface area contributed by atoms with Gasteiger partial charge in [0.15, 0.2) is 0 Å². The Balaban J connectivity index is 0.00000294. The number of pyridine rings is 1. The van der Waals surface area contributed by atoms with Crippen molar-refractivity contribution < 1.29 is 24.5 Å². The number of fused-ring (bicyclic) bond motifs is 1. The smallest absolute Gasteiger partial charge is 0.243 e. The van der Waals surface area contributed by atoms with Crippen molar-refractivity contribution in [1.82, 2.24) is 9.29 Å². The van der Waals surface area contributed by atoms with E-state index >= 15 is 0 Å². The molecule has 0 radical (unpaired) electrons. The number of benzene rings is 2. The number of nitrogens with zero attached hydrogens (tertiary/aromatic N) is 2. The van der Waals surface area contributed by atoms with Gasteiger partial charge in [0.25, 0.3) is 0 Å². The van der Waals surface area contributed by atoms with Crippen molar-refractivity contribution in [2.75, 3.05) is 25.1 Å². The molecule has 1 saturated heterocycles. The van der Waals surface area contributed by atoms with Crippen molar-refractivity contribution in [3.05, 3.63) is 71.8 Å². The van der Waals surface area contributed by atoms with Gasteiger partial charge in [0.1, 0.15) is 11.6 Å². The van der Waals surface area contributed by atoms with Crippen molar-refractivity contribution in [3.63, 3.8) is 0 Å². The van der Waals surface area contributed by atoms with Crippen LogP contribution in [0.3, 0.4) is 0 Å². The maximum Gasteiger partial charge on any atom is 0.243 e. The first-order chi connectivity index (χ1) is 17.9. The van der Waals surface area contributed by atoms with Crippen LogP contribution in [-0.4, -0.2) is 54.5 Å². The number of ether oxygens (including phenoxy) is 1. The molecule has 1 amide bonds. The molecule has 6 rings (SSSR count). The molecule has 2 aromatic carbocycles. The van der Waals surface area contributed by atoms with Gasteiger partial charge in [0, 0.05) is 26.0 Å². The van der Waals surface area contributed by atoms with Crippen LogP contribution >= 0.6 is 0 Å². The van der Waals surface area contributed by atoms with Crippen LogP contribution < -0.4 is 10.1 Å². The molecule has 1 saturated carbocycles. The largest absolute Gasteiger partial charge is 0.493 e. The number of nitrogens with one attached hydrogen (secondary N) is 1. The summed E-state index contributed by atoms with van der Waals surface area (Å²) in [4.78, 5) is 18.1. The van der Waals surface area contributed by atoms with Crippen molar-refractivity contribution in [2.24, 2.45) is 0 Å². The molecular formula is C28H31N3O5S. The zero-order valence-electron chi connectivity index (χ0n) is 20.4. The van der Waals surface area contributed by atoms with Crippen LogP contribution in [0, 0.1) is 0 Å². The lowest BCUT2D eigenvalue weighted by Crippen LogP contribution is -2.37. The van der Waals surface area contributed by atoms with Crippen molar-refractivity contribution in [1.29, 1.82) is 0 Å². The summed E-state index contributed by atoms with van der Waals surface area (Å²) < 4.78 is 33.1. The van der Waals surface area contributed by atoms with Crippen molar-refractivity contribution >= 4 is 21.7 Å². The Labute approximate surface area is 217 Å². The van der Waals surface area contributed by atoms with Crippen LogP contribution in [0.15, 0.2) is 65.6 Å². The Morgan fingerprint density at radius 2 is 1.97 bits per heavy atom. The molecule has 9 heteroatoms. The Kier molecular flexibility index (Phi) is 6.01. The molecule has 3 aliphatic rings. The van der Waals surface area contributed by atoms with Crippen LogP contribution in [0.25, 0.3) is 11.3 Å². The first kappa shape index (κ1) is 24.1. The first-order valence-corrected chi connectivity index (χ1v) is 14.1. The van der Waals surface area contributed by atoms with Crippen LogP contribution in [0.1, 0.15) is 38.2 Å². The number of hydrogen-bond donors (Lipinski definition) is 2. The summed E-state index contributed by atoms with van der Waals surface area (Å²) in [7, 11) is -3.67. The van der Waals surface area contributed by atoms with E-state index in [0.717, 1.165) is 48.1 Å². The zero-order valence-corrected chi connectivity index (χ0v) is 21.2. The topological polar surface area (TPSA) is 109 Å². The maximum absolute atomic E-state index is 13.3. The molecule has 0 unspecified atom stereocenters. The number of rotatable bonds is 7. The molecule has 2 N–H and O–H groups in total. The van der Waals surface area contributed by atoms with E-state index in [0.29, 0.717) is 31.1 Å². The maximum atomic E-state index is 13.3. The van der Waals surface area contributed by atoms with Gasteiger partial charge in [0.05, 0.1) is 29.2 Å². The third kappa shape index (κ3) is 4.31. The van der Waals surface area contributed by atoms with Crippen LogP contribution in [-0.2, 0) is 26.7 Å². The summed E-state index contributed by atoms with van der Waals surface area (Å²) in [6, 6.07) is 17.7. The first-order valence-electron chi connectivity index (χ1n) is 12.7. The highest BCUT2D eigenvalue weighted by atomic mass is 32.2. The van der Waals surface area contributed by atoms with Crippen molar-refractivity contribution in [2.45, 2.75) is 48.5 Å². The van der Waals surface area contributed by atoms with Gasteiger partial charge in [-0.25, -0.2) is 13.4 Å². The van der Waals surface area contributed by atoms with E-state index in [-0.39, 0.29) is 24.9 Å². The molecule has 1 aromatic heterocycles. The molecule has 0 bridgehead atoms. The lowest BCUT2D eigenvalue weighted by Gasteiger charge is -2.22. The summed E-state index contributed by atoms with van der Waals surface area (Å²) in [5, 5.41) is 12.5. The third-order valence-electron chi connectivity index (χ3n) is 7.71. The normalized spacial score (nSPS) is 20.3. The van der Waals surface area contributed by atoms with Crippen molar-refractivity contribution in [3.8, 4) is 17.0 Å². The number of amides is 1. The highest BCUT2D eigenvalue weighted by Gasteiger charge is 2.51. The Morgan fingerprint density at radius 1 is 1.16 bits per heavy atom. The monoisotopic (exact) mass is 521 g/mol. The number of aliphatic hydroxyl groups is 1. The van der Waals surface area contributed by atoms with E-state index in [4.69, 9.17) is 4.74 Å². The van der Waals surface area contributed by atoms with E-state index < -0.39 is 15.4 Å². The second kappa shape index (κ2) is 9.24. The Morgan fingerprint density at radius 3 is 2.73 bits per heavy atom. The van der Waals surface area contributed by atoms with E-state index in [2.05, 4.69) is 16.4 Å². The van der Waals surface area contributed by atoms with Gasteiger partial charge >= 0.3 is 0 Å². The molecule has 0 spiro atoms. The van der Waals surface area contributed by atoms with Gasteiger partial charge in [-0.1, -0.05) is 30.3 Å². The molecule has 37 heavy (non-hydrogen) atoms. The van der Waals surface area contributed by atoms with E-state index in [1.54, 1.807) is 30.3 Å². The summed E-state index contributed by atoms with van der Waals surface area (Å²) in [5.41, 5.74) is 3.01. The highest BCUT2D eigenvalue weighted by molar-refractivity contribution is 7.89. The SMILES string of the molecule is O=C(Nc1cccc(-c2ccc(S(=O)(=O)N3CCC[C@@H]3CO)cc2)n1)C1(c2ccc3c(c2)CCO3)CC1.[HH]. The van der Waals surface area contributed by atoms with Gasteiger partial charge in [-0.15, -0.1) is 0 Å². The van der Waals surface area contributed by atoms with E-state index in [1.165, 1.54) is 4.31 Å². The second-order valence-corrected chi connectivity index (χ2v) is 11.9. The number of anilines is 1. The second-order valence-electron chi connectivity index (χ2n) is 9.98. The number of carbonyl (C=O) groups excluding carboxylic acids is 1. The van der Waals surface area contributed by atoms with Crippen LogP contribution in [0.2, 0.25) is 0 Å². The quantitative estimate of drug-likeness (QED) is 0.490. The van der Waals surface area contributed by atoms with Gasteiger partial charge in [-0.05, 0) is 67.1 Å². The predicted molar refractivity (Wildman–Crippen MR) is 141 cm³/mol. The fourth-order valence-electron chi connectivity index (χ4n) is 5.40. The minimum atomic E-state index is -3.67. The number of aromatic nitrogens is 1. The summed E-state index contributed by atoms with van der Waals surface area (Å²) in [6.07, 6.45) is 3.86. The van der Waals surface area contributed by atoms with Crippen LogP contribution in [0.4, 0.5) is 5.82 Å². The number of sulfonamides is 1. The fourth-order valence-corrected chi connectivity index (χ4v) is 7.08. The van der Waals surface area contributed by atoms with Gasteiger partial charge in [0.2, 0.25) is 15.9 Å². The van der Waals surface area contributed by atoms with Gasteiger partial charge in [-0.3, -0.25) is 4.79 Å². The molecule has 3 heterocycles. The fraction of sp³-hybridized carbons (Fsp3) is 0.357. The average Bonchev–Trinajstić information content (AvgIpc) is 3.35. The summed E-state index contributed by atoms with van der Waals surface area (Å²) in [5.74, 6) is 1.29. The lowest BCUT2D eigenvalue weighted by atomic mass is 9.93. The van der Waals surface area contributed by atoms with E-state index in [1.807, 2.05) is 24.3 Å².